The van der Waals surface area contributed by atoms with Crippen molar-refractivity contribution in [2.75, 3.05) is 26.3 Å². The smallest absolute Gasteiger partial charge is 0.434 e. The Hall–Kier alpha value is -0.850. The van der Waals surface area contributed by atoms with Gasteiger partial charge in [0.1, 0.15) is 12.2 Å². The lowest BCUT2D eigenvalue weighted by molar-refractivity contribution is -0.159. The van der Waals surface area contributed by atoms with Crippen LogP contribution in [0.25, 0.3) is 0 Å². The monoisotopic (exact) mass is 248 g/mol. The Balaban J connectivity index is 3.86. The molecule has 0 aliphatic carbocycles. The van der Waals surface area contributed by atoms with E-state index in [9.17, 15) is 4.79 Å². The maximum atomic E-state index is 11.6. The highest BCUT2D eigenvalue weighted by Gasteiger charge is 2.21. The molecule has 6 heteroatoms. The van der Waals surface area contributed by atoms with Crippen LogP contribution in [0.2, 0.25) is 0 Å². The van der Waals surface area contributed by atoms with E-state index in [1.807, 2.05) is 34.6 Å². The third-order valence-electron chi connectivity index (χ3n) is 1.56. The van der Waals surface area contributed by atoms with Crippen LogP contribution in [0.5, 0.6) is 0 Å². The highest BCUT2D eigenvalue weighted by molar-refractivity contribution is 5.66. The van der Waals surface area contributed by atoms with Crippen LogP contribution in [0.1, 0.15) is 34.6 Å². The Bertz CT molecular complexity index is 216. The number of nitrogens with zero attached hydrogens (tertiary/aromatic N) is 1. The van der Waals surface area contributed by atoms with Crippen molar-refractivity contribution in [2.45, 2.75) is 40.2 Å². The summed E-state index contributed by atoms with van der Waals surface area (Å²) in [5, 5.41) is 1.18. The molecule has 0 rings (SSSR count). The molecular weight excluding hydrogens is 224 g/mol. The number of carbonyl (C=O) groups is 1. The molecule has 0 aromatic heterocycles. The zero-order valence-electron chi connectivity index (χ0n) is 11.4. The van der Waals surface area contributed by atoms with E-state index >= 15 is 0 Å². The molecule has 0 unspecified atom stereocenters. The molecule has 0 fully saturated rings. The molecule has 0 radical (unpaired) electrons. The standard InChI is InChI=1S/C11H24N2O4/c1-6-12-15-8-9-16-13(7-2)10(14)17-11(3,4)5/h12H,6-9H2,1-5H3. The summed E-state index contributed by atoms with van der Waals surface area (Å²) < 4.78 is 5.17. The molecule has 6 nitrogen and oxygen atoms in total. The van der Waals surface area contributed by atoms with Gasteiger partial charge in [0, 0.05) is 13.1 Å². The second-order valence-corrected chi connectivity index (χ2v) is 4.35. The highest BCUT2D eigenvalue weighted by Crippen LogP contribution is 2.09. The second kappa shape index (κ2) is 8.27. The first-order valence-electron chi connectivity index (χ1n) is 5.88. The topological polar surface area (TPSA) is 60.0 Å². The van der Waals surface area contributed by atoms with Gasteiger partial charge in [0.05, 0.1) is 6.61 Å². The third kappa shape index (κ3) is 8.91. The van der Waals surface area contributed by atoms with Crippen LogP contribution in [0.3, 0.4) is 0 Å². The first kappa shape index (κ1) is 16.1. The van der Waals surface area contributed by atoms with Gasteiger partial charge >= 0.3 is 6.09 Å². The Kier molecular flexibility index (Phi) is 7.86. The summed E-state index contributed by atoms with van der Waals surface area (Å²) in [5.41, 5.74) is 2.17. The van der Waals surface area contributed by atoms with Gasteiger partial charge in [0.2, 0.25) is 0 Å². The van der Waals surface area contributed by atoms with Crippen molar-refractivity contribution in [3.05, 3.63) is 0 Å². The minimum absolute atomic E-state index is 0.292. The lowest BCUT2D eigenvalue weighted by atomic mass is 10.2. The average Bonchev–Trinajstić information content (AvgIpc) is 2.20. The van der Waals surface area contributed by atoms with Crippen LogP contribution in [0.15, 0.2) is 0 Å². The van der Waals surface area contributed by atoms with Crippen LogP contribution in [-0.2, 0) is 14.4 Å². The Labute approximate surface area is 103 Å². The van der Waals surface area contributed by atoms with E-state index in [-0.39, 0.29) is 0 Å². The SMILES string of the molecule is CCNOCCON(CC)C(=O)OC(C)(C)C. The number of amides is 1. The maximum absolute atomic E-state index is 11.6. The quantitative estimate of drug-likeness (QED) is 0.549. The molecule has 1 amide bonds. The van der Waals surface area contributed by atoms with Crippen LogP contribution in [-0.4, -0.2) is 43.1 Å². The molecule has 0 spiro atoms. The zero-order valence-corrected chi connectivity index (χ0v) is 11.4. The third-order valence-corrected chi connectivity index (χ3v) is 1.56. The normalized spacial score (nSPS) is 11.4. The molecule has 0 bridgehead atoms. The largest absolute Gasteiger partial charge is 0.442 e. The number of ether oxygens (including phenoxy) is 1. The Morgan fingerprint density at radius 2 is 1.88 bits per heavy atom. The molecule has 0 saturated carbocycles. The van der Waals surface area contributed by atoms with Crippen molar-refractivity contribution in [1.29, 1.82) is 0 Å². The van der Waals surface area contributed by atoms with Gasteiger partial charge in [0.15, 0.2) is 0 Å². The lowest BCUT2D eigenvalue weighted by Gasteiger charge is -2.25. The van der Waals surface area contributed by atoms with E-state index in [0.29, 0.717) is 19.8 Å². The summed E-state index contributed by atoms with van der Waals surface area (Å²) in [5.74, 6) is 0. The van der Waals surface area contributed by atoms with E-state index in [2.05, 4.69) is 5.48 Å². The summed E-state index contributed by atoms with van der Waals surface area (Å²) >= 11 is 0. The molecule has 102 valence electrons. The van der Waals surface area contributed by atoms with Gasteiger partial charge in [-0.3, -0.25) is 9.68 Å². The molecule has 0 heterocycles. The van der Waals surface area contributed by atoms with Crippen LogP contribution in [0.4, 0.5) is 4.79 Å². The summed E-state index contributed by atoms with van der Waals surface area (Å²) in [6.07, 6.45) is -0.483. The van der Waals surface area contributed by atoms with Crippen molar-refractivity contribution in [3.8, 4) is 0 Å². The van der Waals surface area contributed by atoms with E-state index in [0.717, 1.165) is 6.54 Å². The first-order chi connectivity index (χ1) is 7.90. The van der Waals surface area contributed by atoms with E-state index in [4.69, 9.17) is 14.4 Å². The van der Waals surface area contributed by atoms with Gasteiger partial charge in [-0.25, -0.2) is 10.3 Å². The molecular formula is C11H24N2O4. The van der Waals surface area contributed by atoms with E-state index < -0.39 is 11.7 Å². The van der Waals surface area contributed by atoms with Crippen molar-refractivity contribution >= 4 is 6.09 Å². The summed E-state index contributed by atoms with van der Waals surface area (Å²) in [7, 11) is 0. The lowest BCUT2D eigenvalue weighted by Crippen LogP contribution is -2.37. The fraction of sp³-hybridized carbons (Fsp3) is 0.909. The fourth-order valence-corrected chi connectivity index (χ4v) is 0.949. The molecule has 17 heavy (non-hydrogen) atoms. The van der Waals surface area contributed by atoms with E-state index in [1.165, 1.54) is 5.06 Å². The zero-order chi connectivity index (χ0) is 13.3. The molecule has 0 aliphatic heterocycles. The van der Waals surface area contributed by atoms with Gasteiger partial charge in [-0.15, -0.1) is 0 Å². The Morgan fingerprint density at radius 1 is 1.24 bits per heavy atom. The highest BCUT2D eigenvalue weighted by atomic mass is 16.7. The molecule has 1 N–H and O–H groups in total. The summed E-state index contributed by atoms with van der Waals surface area (Å²) in [6, 6.07) is 0. The van der Waals surface area contributed by atoms with Crippen molar-refractivity contribution in [1.82, 2.24) is 10.5 Å². The minimum atomic E-state index is -0.520. The average molecular weight is 248 g/mol. The van der Waals surface area contributed by atoms with Crippen molar-refractivity contribution in [2.24, 2.45) is 0 Å². The predicted molar refractivity (Wildman–Crippen MR) is 64.2 cm³/mol. The number of carbonyl (C=O) groups excluding carboxylic acids is 1. The van der Waals surface area contributed by atoms with Crippen LogP contribution in [0, 0.1) is 0 Å². The van der Waals surface area contributed by atoms with Gasteiger partial charge in [-0.1, -0.05) is 6.92 Å². The number of hydrogen-bond acceptors (Lipinski definition) is 5. The second-order valence-electron chi connectivity index (χ2n) is 4.35. The maximum Gasteiger partial charge on any atom is 0.434 e. The van der Waals surface area contributed by atoms with Crippen molar-refractivity contribution in [3.63, 3.8) is 0 Å². The van der Waals surface area contributed by atoms with Crippen LogP contribution >= 0.6 is 0 Å². The molecule has 0 atom stereocenters. The number of hydroxylamine groups is 3. The van der Waals surface area contributed by atoms with Gasteiger partial charge in [0.25, 0.3) is 0 Å². The molecule has 0 aromatic carbocycles. The predicted octanol–water partition coefficient (Wildman–Crippen LogP) is 1.72. The van der Waals surface area contributed by atoms with Crippen LogP contribution < -0.4 is 5.48 Å². The van der Waals surface area contributed by atoms with Gasteiger partial charge in [-0.05, 0) is 27.7 Å². The number of nitrogens with one attached hydrogen (secondary N) is 1. The summed E-state index contributed by atoms with van der Waals surface area (Å²) in [6.45, 7) is 11.0. The van der Waals surface area contributed by atoms with E-state index in [1.54, 1.807) is 0 Å². The van der Waals surface area contributed by atoms with Gasteiger partial charge in [-0.2, -0.15) is 5.06 Å². The summed E-state index contributed by atoms with van der Waals surface area (Å²) in [4.78, 5) is 21.9. The number of hydrogen-bond donors (Lipinski definition) is 1. The minimum Gasteiger partial charge on any atom is -0.442 e. The Morgan fingerprint density at radius 3 is 2.35 bits per heavy atom. The first-order valence-corrected chi connectivity index (χ1v) is 5.88. The van der Waals surface area contributed by atoms with Gasteiger partial charge < -0.3 is 4.74 Å². The molecule has 0 aromatic rings. The molecule has 0 aliphatic rings. The fourth-order valence-electron chi connectivity index (χ4n) is 0.949. The number of rotatable bonds is 7. The molecule has 0 saturated heterocycles. The van der Waals surface area contributed by atoms with Crippen molar-refractivity contribution < 1.29 is 19.2 Å².